The van der Waals surface area contributed by atoms with E-state index in [1.807, 2.05) is 0 Å². The summed E-state index contributed by atoms with van der Waals surface area (Å²) in [7, 11) is 2.19. The topological polar surface area (TPSA) is 15.3 Å². The van der Waals surface area contributed by atoms with Gasteiger partial charge in [-0.15, -0.1) is 0 Å². The van der Waals surface area contributed by atoms with Crippen molar-refractivity contribution in [2.24, 2.45) is 0 Å². The van der Waals surface area contributed by atoms with Crippen LogP contribution in [0.3, 0.4) is 0 Å². The maximum absolute atomic E-state index is 3.54. The summed E-state index contributed by atoms with van der Waals surface area (Å²) in [5.41, 5.74) is 5.25. The van der Waals surface area contributed by atoms with E-state index in [-0.39, 0.29) is 0 Å². The zero-order chi connectivity index (χ0) is 16.1. The van der Waals surface area contributed by atoms with E-state index in [2.05, 4.69) is 93.5 Å². The van der Waals surface area contributed by atoms with Gasteiger partial charge in [0.15, 0.2) is 0 Å². The molecule has 0 radical (unpaired) electrons. The number of aryl methyl sites for hydroxylation is 1. The highest BCUT2D eigenvalue weighted by atomic mass is 15.1. The number of hydrogen-bond donors (Lipinski definition) is 1. The van der Waals surface area contributed by atoms with Gasteiger partial charge in [-0.25, -0.2) is 0 Å². The Kier molecular flexibility index (Phi) is 5.62. The summed E-state index contributed by atoms with van der Waals surface area (Å²) in [6.07, 6.45) is 0. The predicted molar refractivity (Wildman–Crippen MR) is 96.3 cm³/mol. The molecule has 2 aromatic carbocycles. The Labute approximate surface area is 135 Å². The summed E-state index contributed by atoms with van der Waals surface area (Å²) in [6.45, 7) is 9.75. The minimum Gasteiger partial charge on any atom is -0.383 e. The van der Waals surface area contributed by atoms with Crippen molar-refractivity contribution >= 4 is 5.69 Å². The molecule has 0 aromatic heterocycles. The number of anilines is 1. The van der Waals surface area contributed by atoms with E-state index in [1.54, 1.807) is 0 Å². The van der Waals surface area contributed by atoms with Crippen molar-refractivity contribution in [3.63, 3.8) is 0 Å². The molecule has 0 amide bonds. The maximum Gasteiger partial charge on any atom is 0.0375 e. The molecule has 2 nitrogen and oxygen atoms in total. The Balaban J connectivity index is 2.12. The van der Waals surface area contributed by atoms with E-state index in [0.717, 1.165) is 6.54 Å². The molecule has 1 atom stereocenters. The largest absolute Gasteiger partial charge is 0.383 e. The quantitative estimate of drug-likeness (QED) is 0.806. The lowest BCUT2D eigenvalue weighted by Gasteiger charge is -2.26. The van der Waals surface area contributed by atoms with Crippen LogP contribution in [-0.2, 0) is 6.54 Å². The highest BCUT2D eigenvalue weighted by Crippen LogP contribution is 2.26. The van der Waals surface area contributed by atoms with Crippen molar-refractivity contribution < 1.29 is 0 Å². The van der Waals surface area contributed by atoms with Crippen molar-refractivity contribution in [3.05, 3.63) is 65.2 Å². The minimum absolute atomic E-state index is 0.383. The second-order valence-corrected chi connectivity index (χ2v) is 6.45. The van der Waals surface area contributed by atoms with Gasteiger partial charge in [0.05, 0.1) is 0 Å². The van der Waals surface area contributed by atoms with Crippen LogP contribution in [-0.4, -0.2) is 18.0 Å². The van der Waals surface area contributed by atoms with E-state index in [1.165, 1.54) is 22.4 Å². The predicted octanol–water partition coefficient (Wildman–Crippen LogP) is 5.01. The van der Waals surface area contributed by atoms with Crippen LogP contribution in [0.4, 0.5) is 5.69 Å². The molecular formula is C20H28N2. The van der Waals surface area contributed by atoms with Gasteiger partial charge in [0, 0.05) is 24.3 Å². The first-order valence-corrected chi connectivity index (χ1v) is 8.08. The molecular weight excluding hydrogens is 268 g/mol. The summed E-state index contributed by atoms with van der Waals surface area (Å²) in [6, 6.07) is 18.2. The molecule has 0 aliphatic carbocycles. The lowest BCUT2D eigenvalue weighted by molar-refractivity contribution is 0.253. The first kappa shape index (κ1) is 16.6. The zero-order valence-electron chi connectivity index (χ0n) is 14.4. The third kappa shape index (κ3) is 4.35. The fourth-order valence-electron chi connectivity index (χ4n) is 2.63. The molecule has 2 heteroatoms. The Morgan fingerprint density at radius 1 is 1.00 bits per heavy atom. The fraction of sp³-hybridized carbons (Fsp3) is 0.400. The SMILES string of the molecule is Cc1ccc(C(C)N(C)Cc2ccccc2)cc1NC(C)C. The third-order valence-electron chi connectivity index (χ3n) is 4.12. The second-order valence-electron chi connectivity index (χ2n) is 6.45. The Morgan fingerprint density at radius 2 is 1.68 bits per heavy atom. The molecule has 2 rings (SSSR count). The molecule has 22 heavy (non-hydrogen) atoms. The summed E-state index contributed by atoms with van der Waals surface area (Å²) in [5.74, 6) is 0. The van der Waals surface area contributed by atoms with E-state index in [4.69, 9.17) is 0 Å². The number of nitrogens with zero attached hydrogens (tertiary/aromatic N) is 1. The van der Waals surface area contributed by atoms with Gasteiger partial charge < -0.3 is 5.32 Å². The number of nitrogens with one attached hydrogen (secondary N) is 1. The van der Waals surface area contributed by atoms with Crippen LogP contribution in [0, 0.1) is 6.92 Å². The van der Waals surface area contributed by atoms with Crippen molar-refractivity contribution in [3.8, 4) is 0 Å². The molecule has 0 spiro atoms. The third-order valence-corrected chi connectivity index (χ3v) is 4.12. The molecule has 0 aliphatic heterocycles. The lowest BCUT2D eigenvalue weighted by Crippen LogP contribution is -2.22. The summed E-state index contributed by atoms with van der Waals surface area (Å²) < 4.78 is 0. The monoisotopic (exact) mass is 296 g/mol. The Hall–Kier alpha value is -1.80. The highest BCUT2D eigenvalue weighted by Gasteiger charge is 2.13. The summed E-state index contributed by atoms with van der Waals surface area (Å²) >= 11 is 0. The van der Waals surface area contributed by atoms with Crippen LogP contribution in [0.2, 0.25) is 0 Å². The fourth-order valence-corrected chi connectivity index (χ4v) is 2.63. The van der Waals surface area contributed by atoms with Crippen LogP contribution in [0.1, 0.15) is 43.5 Å². The van der Waals surface area contributed by atoms with Gasteiger partial charge in [-0.2, -0.15) is 0 Å². The molecule has 118 valence electrons. The van der Waals surface area contributed by atoms with Crippen LogP contribution >= 0.6 is 0 Å². The Morgan fingerprint density at radius 3 is 2.32 bits per heavy atom. The zero-order valence-corrected chi connectivity index (χ0v) is 14.4. The molecule has 2 aromatic rings. The summed E-state index contributed by atoms with van der Waals surface area (Å²) in [5, 5.41) is 3.54. The number of rotatable bonds is 6. The molecule has 1 unspecified atom stereocenters. The van der Waals surface area contributed by atoms with E-state index < -0.39 is 0 Å². The maximum atomic E-state index is 3.54. The molecule has 0 heterocycles. The molecule has 0 bridgehead atoms. The van der Waals surface area contributed by atoms with E-state index >= 15 is 0 Å². The van der Waals surface area contributed by atoms with Crippen LogP contribution in [0.15, 0.2) is 48.5 Å². The first-order chi connectivity index (χ1) is 10.5. The normalized spacial score (nSPS) is 12.7. The average molecular weight is 296 g/mol. The standard InChI is InChI=1S/C20H28N2/c1-15(2)21-20-13-19(12-11-16(20)3)17(4)22(5)14-18-9-7-6-8-10-18/h6-13,15,17,21H,14H2,1-5H3. The minimum atomic E-state index is 0.383. The second kappa shape index (κ2) is 7.46. The van der Waals surface area contributed by atoms with Gasteiger partial charge in [0.25, 0.3) is 0 Å². The van der Waals surface area contributed by atoms with Gasteiger partial charge in [0.1, 0.15) is 0 Å². The smallest absolute Gasteiger partial charge is 0.0375 e. The highest BCUT2D eigenvalue weighted by molar-refractivity contribution is 5.53. The molecule has 0 saturated carbocycles. The van der Waals surface area contributed by atoms with Crippen LogP contribution in [0.25, 0.3) is 0 Å². The Bertz CT molecular complexity index is 590. The van der Waals surface area contributed by atoms with Gasteiger partial charge in [-0.05, 0) is 57.5 Å². The molecule has 1 N–H and O–H groups in total. The lowest BCUT2D eigenvalue weighted by atomic mass is 10.0. The van der Waals surface area contributed by atoms with Crippen molar-refractivity contribution in [2.75, 3.05) is 12.4 Å². The molecule has 0 saturated heterocycles. The van der Waals surface area contributed by atoms with Crippen molar-refractivity contribution in [1.82, 2.24) is 4.90 Å². The summed E-state index contributed by atoms with van der Waals surface area (Å²) in [4.78, 5) is 2.39. The van der Waals surface area contributed by atoms with Gasteiger partial charge in [-0.3, -0.25) is 4.90 Å². The molecule has 0 aliphatic rings. The average Bonchev–Trinajstić information content (AvgIpc) is 2.49. The molecule has 0 fully saturated rings. The van der Waals surface area contributed by atoms with Crippen LogP contribution < -0.4 is 5.32 Å². The van der Waals surface area contributed by atoms with Gasteiger partial charge in [-0.1, -0.05) is 42.5 Å². The van der Waals surface area contributed by atoms with Gasteiger partial charge in [0.2, 0.25) is 0 Å². The first-order valence-electron chi connectivity index (χ1n) is 8.08. The number of hydrogen-bond acceptors (Lipinski definition) is 2. The number of benzene rings is 2. The van der Waals surface area contributed by atoms with Crippen molar-refractivity contribution in [2.45, 2.75) is 46.3 Å². The van der Waals surface area contributed by atoms with Crippen LogP contribution in [0.5, 0.6) is 0 Å². The van der Waals surface area contributed by atoms with E-state index in [9.17, 15) is 0 Å². The van der Waals surface area contributed by atoms with E-state index in [0.29, 0.717) is 12.1 Å². The van der Waals surface area contributed by atoms with Crippen molar-refractivity contribution in [1.29, 1.82) is 0 Å². The van der Waals surface area contributed by atoms with Gasteiger partial charge >= 0.3 is 0 Å².